The van der Waals surface area contributed by atoms with Crippen molar-refractivity contribution in [2.75, 3.05) is 13.1 Å². The molecule has 0 N–H and O–H groups in total. The van der Waals surface area contributed by atoms with Gasteiger partial charge in [0.1, 0.15) is 10.7 Å². The number of thioether (sulfide) groups is 1. The van der Waals surface area contributed by atoms with Crippen molar-refractivity contribution in [2.24, 2.45) is 0 Å². The molecule has 3 aromatic heterocycles. The molecule has 0 bridgehead atoms. The summed E-state index contributed by atoms with van der Waals surface area (Å²) >= 11 is 9.34. The van der Waals surface area contributed by atoms with Crippen LogP contribution in [0.1, 0.15) is 34.9 Å². The Balaban J connectivity index is 1.39. The van der Waals surface area contributed by atoms with Crippen molar-refractivity contribution in [3.8, 4) is 17.1 Å². The summed E-state index contributed by atoms with van der Waals surface area (Å²) < 4.78 is 7.75. The molecule has 1 amide bonds. The maximum atomic E-state index is 13.0. The molecule has 11 heteroatoms. The monoisotopic (exact) mass is 540 g/mol. The number of halogens is 1. The highest BCUT2D eigenvalue weighted by atomic mass is 35.5. The number of rotatable bonds is 6. The van der Waals surface area contributed by atoms with Gasteiger partial charge in [0.15, 0.2) is 11.0 Å². The third-order valence-corrected chi connectivity index (χ3v) is 7.97. The molecular weight excluding hydrogens is 516 g/mol. The Labute approximate surface area is 222 Å². The number of carbonyl (C=O) groups excluding carboxylic acids is 1. The lowest BCUT2D eigenvalue weighted by Gasteiger charge is -2.34. The molecule has 36 heavy (non-hydrogen) atoms. The standard InChI is InChI=1S/C25H25ClN6O2S2/c1-15-6-7-19(26)9-21(15)32-23(18-5-4-8-27-10-18)29-30-25(32)36-14-22-28-20(13-35-22)24(33)31-11-16(2)34-17(3)12-31/h4-10,13,16-17H,11-12,14H2,1-3H3. The maximum absolute atomic E-state index is 13.0. The van der Waals surface area contributed by atoms with Crippen LogP contribution < -0.4 is 0 Å². The van der Waals surface area contributed by atoms with Crippen LogP contribution in [-0.4, -0.2) is 60.8 Å². The first-order valence-corrected chi connectivity index (χ1v) is 13.8. The number of carbonyl (C=O) groups is 1. The van der Waals surface area contributed by atoms with Gasteiger partial charge in [-0.2, -0.15) is 0 Å². The molecule has 1 aliphatic heterocycles. The van der Waals surface area contributed by atoms with Crippen molar-refractivity contribution in [1.29, 1.82) is 0 Å². The molecular formula is C25H25ClN6O2S2. The SMILES string of the molecule is Cc1ccc(Cl)cc1-n1c(SCc2nc(C(=O)N3CC(C)OC(C)C3)cs2)nnc1-c1cccnc1. The number of ether oxygens (including phenoxy) is 1. The summed E-state index contributed by atoms with van der Waals surface area (Å²) in [6.07, 6.45) is 3.52. The van der Waals surface area contributed by atoms with E-state index in [1.807, 2.05) is 66.0 Å². The Morgan fingerprint density at radius 3 is 2.78 bits per heavy atom. The summed E-state index contributed by atoms with van der Waals surface area (Å²) in [5.41, 5.74) is 3.27. The second-order valence-corrected chi connectivity index (χ2v) is 11.0. The number of aryl methyl sites for hydroxylation is 1. The van der Waals surface area contributed by atoms with Crippen LogP contribution in [0.25, 0.3) is 17.1 Å². The predicted molar refractivity (Wildman–Crippen MR) is 142 cm³/mol. The van der Waals surface area contributed by atoms with Crippen molar-refractivity contribution in [3.63, 3.8) is 0 Å². The Hall–Kier alpha value is -2.79. The van der Waals surface area contributed by atoms with Crippen LogP contribution in [0.15, 0.2) is 53.3 Å². The lowest BCUT2D eigenvalue weighted by atomic mass is 10.2. The molecule has 1 saturated heterocycles. The lowest BCUT2D eigenvalue weighted by molar-refractivity contribution is -0.0587. The van der Waals surface area contributed by atoms with E-state index >= 15 is 0 Å². The zero-order valence-electron chi connectivity index (χ0n) is 20.1. The molecule has 0 aliphatic carbocycles. The van der Waals surface area contributed by atoms with Gasteiger partial charge >= 0.3 is 0 Å². The molecule has 1 aliphatic rings. The van der Waals surface area contributed by atoms with E-state index < -0.39 is 0 Å². The number of morpholine rings is 1. The summed E-state index contributed by atoms with van der Waals surface area (Å²) in [6, 6.07) is 9.58. The number of thiazole rings is 1. The van der Waals surface area contributed by atoms with E-state index in [4.69, 9.17) is 16.3 Å². The van der Waals surface area contributed by atoms with Gasteiger partial charge in [-0.15, -0.1) is 21.5 Å². The van der Waals surface area contributed by atoms with Crippen molar-refractivity contribution in [1.82, 2.24) is 29.6 Å². The minimum absolute atomic E-state index is 0.0154. The Kier molecular flexibility index (Phi) is 7.38. The van der Waals surface area contributed by atoms with Crippen molar-refractivity contribution >= 4 is 40.6 Å². The van der Waals surface area contributed by atoms with Gasteiger partial charge in [-0.25, -0.2) is 4.98 Å². The van der Waals surface area contributed by atoms with Crippen LogP contribution in [0.5, 0.6) is 0 Å². The third-order valence-electron chi connectivity index (χ3n) is 5.77. The van der Waals surface area contributed by atoms with E-state index in [1.54, 1.807) is 12.4 Å². The molecule has 0 radical (unpaired) electrons. The van der Waals surface area contributed by atoms with Gasteiger partial charge in [-0.05, 0) is 50.6 Å². The van der Waals surface area contributed by atoms with Crippen LogP contribution in [0.4, 0.5) is 0 Å². The summed E-state index contributed by atoms with van der Waals surface area (Å²) in [4.78, 5) is 23.7. The first-order valence-electron chi connectivity index (χ1n) is 11.5. The van der Waals surface area contributed by atoms with E-state index in [0.717, 1.165) is 21.8 Å². The summed E-state index contributed by atoms with van der Waals surface area (Å²) in [7, 11) is 0. The molecule has 186 valence electrons. The largest absolute Gasteiger partial charge is 0.372 e. The Morgan fingerprint density at radius 2 is 2.03 bits per heavy atom. The summed E-state index contributed by atoms with van der Waals surface area (Å²) in [5, 5.41) is 13.0. The second kappa shape index (κ2) is 10.7. The highest BCUT2D eigenvalue weighted by Crippen LogP contribution is 2.32. The van der Waals surface area contributed by atoms with Gasteiger partial charge in [-0.3, -0.25) is 14.3 Å². The number of hydrogen-bond acceptors (Lipinski definition) is 8. The van der Waals surface area contributed by atoms with Gasteiger partial charge < -0.3 is 9.64 Å². The molecule has 2 unspecified atom stereocenters. The topological polar surface area (TPSA) is 86.0 Å². The highest BCUT2D eigenvalue weighted by Gasteiger charge is 2.28. The van der Waals surface area contributed by atoms with E-state index in [1.165, 1.54) is 23.1 Å². The fraction of sp³-hybridized carbons (Fsp3) is 0.320. The molecule has 1 aromatic carbocycles. The van der Waals surface area contributed by atoms with Crippen LogP contribution in [0.3, 0.4) is 0 Å². The zero-order valence-corrected chi connectivity index (χ0v) is 22.5. The predicted octanol–water partition coefficient (Wildman–Crippen LogP) is 5.29. The van der Waals surface area contributed by atoms with Crippen LogP contribution in [0.2, 0.25) is 5.02 Å². The zero-order chi connectivity index (χ0) is 25.2. The quantitative estimate of drug-likeness (QED) is 0.307. The number of amides is 1. The highest BCUT2D eigenvalue weighted by molar-refractivity contribution is 7.98. The normalized spacial score (nSPS) is 17.9. The molecule has 0 spiro atoms. The molecule has 2 atom stereocenters. The number of benzene rings is 1. The summed E-state index contributed by atoms with van der Waals surface area (Å²) in [5.74, 6) is 1.18. The average Bonchev–Trinajstić information content (AvgIpc) is 3.51. The number of pyridine rings is 1. The number of nitrogens with zero attached hydrogens (tertiary/aromatic N) is 6. The first kappa shape index (κ1) is 24.9. The Bertz CT molecular complexity index is 1370. The van der Waals surface area contributed by atoms with E-state index in [-0.39, 0.29) is 18.1 Å². The molecule has 4 aromatic rings. The molecule has 8 nitrogen and oxygen atoms in total. The van der Waals surface area contributed by atoms with Gasteiger partial charge in [0.25, 0.3) is 5.91 Å². The van der Waals surface area contributed by atoms with E-state index in [2.05, 4.69) is 20.2 Å². The van der Waals surface area contributed by atoms with Gasteiger partial charge in [0, 0.05) is 41.4 Å². The molecule has 0 saturated carbocycles. The van der Waals surface area contributed by atoms with E-state index in [9.17, 15) is 4.79 Å². The fourth-order valence-electron chi connectivity index (χ4n) is 4.19. The first-order chi connectivity index (χ1) is 17.4. The minimum Gasteiger partial charge on any atom is -0.372 e. The smallest absolute Gasteiger partial charge is 0.273 e. The fourth-order valence-corrected chi connectivity index (χ4v) is 6.09. The van der Waals surface area contributed by atoms with E-state index in [0.29, 0.717) is 40.5 Å². The second-order valence-electron chi connectivity index (χ2n) is 8.70. The average molecular weight is 541 g/mol. The lowest BCUT2D eigenvalue weighted by Crippen LogP contribution is -2.48. The van der Waals surface area contributed by atoms with Gasteiger partial charge in [-0.1, -0.05) is 29.4 Å². The number of hydrogen-bond donors (Lipinski definition) is 0. The van der Waals surface area contributed by atoms with Gasteiger partial charge in [0.05, 0.1) is 23.6 Å². The molecule has 1 fully saturated rings. The van der Waals surface area contributed by atoms with Crippen LogP contribution >= 0.6 is 34.7 Å². The van der Waals surface area contributed by atoms with Crippen LogP contribution in [0, 0.1) is 6.92 Å². The van der Waals surface area contributed by atoms with Crippen molar-refractivity contribution < 1.29 is 9.53 Å². The van der Waals surface area contributed by atoms with Crippen LogP contribution in [-0.2, 0) is 10.5 Å². The third kappa shape index (κ3) is 5.31. The maximum Gasteiger partial charge on any atom is 0.273 e. The molecule has 4 heterocycles. The Morgan fingerprint density at radius 1 is 1.22 bits per heavy atom. The number of aromatic nitrogens is 5. The minimum atomic E-state index is -0.0546. The molecule has 5 rings (SSSR count). The summed E-state index contributed by atoms with van der Waals surface area (Å²) in [6.45, 7) is 7.14. The van der Waals surface area contributed by atoms with Crippen molar-refractivity contribution in [2.45, 2.75) is 43.9 Å². The van der Waals surface area contributed by atoms with Gasteiger partial charge in [0.2, 0.25) is 0 Å². The van der Waals surface area contributed by atoms with Crippen molar-refractivity contribution in [3.05, 3.63) is 69.4 Å².